The summed E-state index contributed by atoms with van der Waals surface area (Å²) in [6.07, 6.45) is -0.482. The van der Waals surface area contributed by atoms with Crippen molar-refractivity contribution in [3.05, 3.63) is 27.1 Å². The van der Waals surface area contributed by atoms with Gasteiger partial charge in [0, 0.05) is 8.95 Å². The molecular formula is C11H11Br2N3O4. The van der Waals surface area contributed by atoms with Crippen molar-refractivity contribution in [2.45, 2.75) is 12.5 Å². The minimum atomic E-state index is -1.37. The zero-order valence-electron chi connectivity index (χ0n) is 10.0. The average Bonchev–Trinajstić information content (AvgIpc) is 2.31. The van der Waals surface area contributed by atoms with Crippen LogP contribution in [0.1, 0.15) is 6.42 Å². The number of carboxylic acid groups (broad SMARTS) is 1. The van der Waals surface area contributed by atoms with Gasteiger partial charge in [0.25, 0.3) is 0 Å². The average molecular weight is 409 g/mol. The summed E-state index contributed by atoms with van der Waals surface area (Å²) in [4.78, 5) is 33.3. The van der Waals surface area contributed by atoms with Gasteiger partial charge in [-0.25, -0.2) is 9.59 Å². The lowest BCUT2D eigenvalue weighted by Gasteiger charge is -2.14. The lowest BCUT2D eigenvalue weighted by Crippen LogP contribution is -2.45. The van der Waals surface area contributed by atoms with Crippen LogP contribution in [-0.2, 0) is 9.59 Å². The number of carbonyl (C=O) groups is 3. The van der Waals surface area contributed by atoms with E-state index in [0.717, 1.165) is 4.47 Å². The SMILES string of the molecule is NC(=O)C[C@H](NC(=O)Nc1ccc(Br)cc1Br)C(=O)O. The third kappa shape index (κ3) is 5.17. The molecular weight excluding hydrogens is 398 g/mol. The third-order valence-corrected chi connectivity index (χ3v) is 3.34. The molecule has 20 heavy (non-hydrogen) atoms. The number of nitrogens with two attached hydrogens (primary N) is 1. The van der Waals surface area contributed by atoms with E-state index in [-0.39, 0.29) is 0 Å². The van der Waals surface area contributed by atoms with E-state index in [1.54, 1.807) is 18.2 Å². The molecule has 0 saturated heterocycles. The van der Waals surface area contributed by atoms with Crippen LogP contribution in [0.25, 0.3) is 0 Å². The number of halogens is 2. The third-order valence-electron chi connectivity index (χ3n) is 2.19. The quantitative estimate of drug-likeness (QED) is 0.591. The first-order chi connectivity index (χ1) is 9.29. The maximum Gasteiger partial charge on any atom is 0.326 e. The van der Waals surface area contributed by atoms with Gasteiger partial charge in [0.2, 0.25) is 5.91 Å². The fourth-order valence-corrected chi connectivity index (χ4v) is 2.45. The Morgan fingerprint density at radius 1 is 1.30 bits per heavy atom. The predicted octanol–water partition coefficient (Wildman–Crippen LogP) is 1.66. The molecule has 0 saturated carbocycles. The van der Waals surface area contributed by atoms with Gasteiger partial charge in [-0.2, -0.15) is 0 Å². The molecule has 1 atom stereocenters. The topological polar surface area (TPSA) is 122 Å². The van der Waals surface area contributed by atoms with E-state index in [4.69, 9.17) is 10.8 Å². The zero-order chi connectivity index (χ0) is 15.3. The van der Waals surface area contributed by atoms with Crippen LogP contribution in [0.15, 0.2) is 27.1 Å². The Bertz CT molecular complexity index is 550. The van der Waals surface area contributed by atoms with Crippen LogP contribution in [0.5, 0.6) is 0 Å². The van der Waals surface area contributed by atoms with Gasteiger partial charge >= 0.3 is 12.0 Å². The number of hydrogen-bond acceptors (Lipinski definition) is 3. The van der Waals surface area contributed by atoms with Gasteiger partial charge in [0.1, 0.15) is 6.04 Å². The fourth-order valence-electron chi connectivity index (χ4n) is 1.31. The highest BCUT2D eigenvalue weighted by Gasteiger charge is 2.22. The van der Waals surface area contributed by atoms with Crippen LogP contribution >= 0.6 is 31.9 Å². The Labute approximate surface area is 131 Å². The Hall–Kier alpha value is -1.61. The van der Waals surface area contributed by atoms with Gasteiger partial charge in [0.15, 0.2) is 0 Å². The van der Waals surface area contributed by atoms with E-state index in [1.165, 1.54) is 0 Å². The lowest BCUT2D eigenvalue weighted by molar-refractivity contribution is -0.140. The molecule has 0 aliphatic heterocycles. The van der Waals surface area contributed by atoms with Crippen LogP contribution in [0.4, 0.5) is 10.5 Å². The number of carboxylic acids is 1. The summed E-state index contributed by atoms with van der Waals surface area (Å²) in [6, 6.07) is 2.92. The molecule has 0 radical (unpaired) electrons. The maximum absolute atomic E-state index is 11.7. The molecule has 1 rings (SSSR count). The van der Waals surface area contributed by atoms with E-state index in [1.807, 2.05) is 0 Å². The second-order valence-electron chi connectivity index (χ2n) is 3.78. The normalized spacial score (nSPS) is 11.5. The van der Waals surface area contributed by atoms with Gasteiger partial charge < -0.3 is 21.5 Å². The van der Waals surface area contributed by atoms with Gasteiger partial charge in [-0.3, -0.25) is 4.79 Å². The van der Waals surface area contributed by atoms with Gasteiger partial charge in [-0.1, -0.05) is 15.9 Å². The molecule has 7 nitrogen and oxygen atoms in total. The van der Waals surface area contributed by atoms with Crippen molar-refractivity contribution in [1.29, 1.82) is 0 Å². The molecule has 0 spiro atoms. The summed E-state index contributed by atoms with van der Waals surface area (Å²) >= 11 is 6.51. The molecule has 1 aromatic rings. The molecule has 0 aliphatic rings. The number of benzene rings is 1. The Morgan fingerprint density at radius 3 is 2.45 bits per heavy atom. The van der Waals surface area contributed by atoms with Crippen LogP contribution in [-0.4, -0.2) is 29.1 Å². The first-order valence-corrected chi connectivity index (χ1v) is 6.92. The summed E-state index contributed by atoms with van der Waals surface area (Å²) in [5, 5.41) is 13.5. The highest BCUT2D eigenvalue weighted by atomic mass is 79.9. The number of primary amides is 1. The van der Waals surface area contributed by atoms with E-state index < -0.39 is 30.4 Å². The number of rotatable bonds is 5. The van der Waals surface area contributed by atoms with Crippen molar-refractivity contribution in [3.63, 3.8) is 0 Å². The number of carbonyl (C=O) groups excluding carboxylic acids is 2. The van der Waals surface area contributed by atoms with E-state index in [0.29, 0.717) is 10.2 Å². The van der Waals surface area contributed by atoms with E-state index in [9.17, 15) is 14.4 Å². The molecule has 0 aromatic heterocycles. The molecule has 0 fully saturated rings. The fraction of sp³-hybridized carbons (Fsp3) is 0.182. The highest BCUT2D eigenvalue weighted by molar-refractivity contribution is 9.11. The Kier molecular flexibility index (Phi) is 5.96. The summed E-state index contributed by atoms with van der Waals surface area (Å²) in [6.45, 7) is 0. The summed E-state index contributed by atoms with van der Waals surface area (Å²) in [7, 11) is 0. The first kappa shape index (κ1) is 16.4. The number of anilines is 1. The van der Waals surface area contributed by atoms with Crippen molar-refractivity contribution in [3.8, 4) is 0 Å². The van der Waals surface area contributed by atoms with E-state index in [2.05, 4.69) is 42.5 Å². The molecule has 0 heterocycles. The molecule has 5 N–H and O–H groups in total. The number of nitrogens with one attached hydrogen (secondary N) is 2. The second kappa shape index (κ2) is 7.25. The Balaban J connectivity index is 2.70. The molecule has 0 aliphatic carbocycles. The minimum absolute atomic E-state index is 0.453. The molecule has 108 valence electrons. The monoisotopic (exact) mass is 407 g/mol. The molecule has 0 bridgehead atoms. The summed E-state index contributed by atoms with van der Waals surface area (Å²) in [5.74, 6) is -2.16. The van der Waals surface area contributed by atoms with Crippen molar-refractivity contribution in [2.24, 2.45) is 5.73 Å². The van der Waals surface area contributed by atoms with Crippen LogP contribution in [0.3, 0.4) is 0 Å². The smallest absolute Gasteiger partial charge is 0.326 e. The second-order valence-corrected chi connectivity index (χ2v) is 5.55. The molecule has 3 amide bonds. The first-order valence-electron chi connectivity index (χ1n) is 5.33. The van der Waals surface area contributed by atoms with E-state index >= 15 is 0 Å². The van der Waals surface area contributed by atoms with Crippen LogP contribution in [0.2, 0.25) is 0 Å². The van der Waals surface area contributed by atoms with Gasteiger partial charge in [-0.05, 0) is 34.1 Å². The standard InChI is InChI=1S/C11H11Br2N3O4/c12-5-1-2-7(6(13)3-5)15-11(20)16-8(10(18)19)4-9(14)17/h1-3,8H,4H2,(H2,14,17)(H,18,19)(H2,15,16,20)/t8-/m0/s1. The summed E-state index contributed by atoms with van der Waals surface area (Å²) < 4.78 is 1.43. The number of urea groups is 1. The Morgan fingerprint density at radius 2 is 1.95 bits per heavy atom. The highest BCUT2D eigenvalue weighted by Crippen LogP contribution is 2.25. The molecule has 9 heteroatoms. The van der Waals surface area contributed by atoms with Crippen molar-refractivity contribution >= 4 is 55.5 Å². The number of hydrogen-bond donors (Lipinski definition) is 4. The van der Waals surface area contributed by atoms with Crippen LogP contribution < -0.4 is 16.4 Å². The van der Waals surface area contributed by atoms with Crippen LogP contribution in [0, 0.1) is 0 Å². The predicted molar refractivity (Wildman–Crippen MR) is 79.2 cm³/mol. The van der Waals surface area contributed by atoms with Gasteiger partial charge in [-0.15, -0.1) is 0 Å². The van der Waals surface area contributed by atoms with Crippen molar-refractivity contribution in [2.75, 3.05) is 5.32 Å². The van der Waals surface area contributed by atoms with Crippen molar-refractivity contribution < 1.29 is 19.5 Å². The lowest BCUT2D eigenvalue weighted by atomic mass is 10.2. The molecule has 0 unspecified atom stereocenters. The van der Waals surface area contributed by atoms with Gasteiger partial charge in [0.05, 0.1) is 12.1 Å². The molecule has 1 aromatic carbocycles. The zero-order valence-corrected chi connectivity index (χ0v) is 13.2. The number of amides is 3. The maximum atomic E-state index is 11.7. The summed E-state index contributed by atoms with van der Waals surface area (Å²) in [5.41, 5.74) is 5.37. The van der Waals surface area contributed by atoms with Crippen molar-refractivity contribution in [1.82, 2.24) is 5.32 Å². The minimum Gasteiger partial charge on any atom is -0.480 e. The largest absolute Gasteiger partial charge is 0.480 e. The number of aliphatic carboxylic acids is 1.